The van der Waals surface area contributed by atoms with Crippen LogP contribution in [0.15, 0.2) is 135 Å². The number of carbonyl (C=O) groups excluding carboxylic acids is 9. The highest BCUT2D eigenvalue weighted by Crippen LogP contribution is 2.35. The number of rotatable bonds is 15. The molecule has 9 aromatic heterocycles. The van der Waals surface area contributed by atoms with Gasteiger partial charge in [-0.3, -0.25) is 43.2 Å². The summed E-state index contributed by atoms with van der Waals surface area (Å²) in [6.45, 7) is -38.6. The number of nitrogens with zero attached hydrogens (tertiary/aromatic N) is 18. The number of nitrogens with one attached hydrogen (secondary N) is 3. The average Bonchev–Trinajstić information content (AvgIpc) is 0.783. The molecule has 0 saturated carbocycles. The lowest BCUT2D eigenvalue weighted by Gasteiger charge is -2.34. The van der Waals surface area contributed by atoms with Crippen molar-refractivity contribution in [2.75, 3.05) is 99.3 Å². The third kappa shape index (κ3) is 14.6. The molecule has 3 fully saturated rings. The molecule has 12 aromatic rings. The van der Waals surface area contributed by atoms with Gasteiger partial charge in [-0.2, -0.15) is 15.3 Å². The predicted octanol–water partition coefficient (Wildman–Crippen LogP) is 5.50. The van der Waals surface area contributed by atoms with Crippen molar-refractivity contribution in [2.45, 2.75) is 34.4 Å². The number of aromatic nitrogens is 15. The summed E-state index contributed by atoms with van der Waals surface area (Å²) in [5.41, 5.74) is -5.22. The minimum atomic E-state index is -4.18. The fourth-order valence-electron chi connectivity index (χ4n) is 10.2. The number of methoxy groups -OCH3 is 3. The second kappa shape index (κ2) is 30.8. The van der Waals surface area contributed by atoms with Gasteiger partial charge in [-0.1, -0.05) is 53.5 Å². The standard InChI is InChI=1S/2C25H25N7O4.C24H23N7O4/c2*1-15-4-6-17(7-5-15)24(34)30-8-10-31(11-9-30)25(35)22(33)18-12-26-21-20(18)19(36-3)13-27-23(21)32-14-28-16(2)29-32;1-15-27-14-31(28-15)22-20-19(18(35-2)13-26-22)17(12-25-20)21(32)24(34)30-10-8-29(9-11-30)23(33)16-6-4-3-5-7-16/h2*4-7,12-14,26H,8-11H2,1-3H3;3-7,12-14,25H,8-11H2,1-2H3/i2D3,3D3,4D,5D,6D,7D,8D2,9D2,10D2,11D2,14D;2D3,3D3,4D,5D,6D,7D,14D;1D3,2D3,8D2,9D2,10D2,11D2,14D. The maximum absolute atomic E-state index is 14.0. The predicted molar refractivity (Wildman–Crippen MR) is 386 cm³/mol. The lowest BCUT2D eigenvalue weighted by Crippen LogP contribution is -2.52. The summed E-state index contributed by atoms with van der Waals surface area (Å²) in [4.78, 5) is 153. The second-order valence-electron chi connectivity index (χ2n) is 21.7. The van der Waals surface area contributed by atoms with Gasteiger partial charge in [0.1, 0.15) is 57.7 Å². The van der Waals surface area contributed by atoms with Gasteiger partial charge in [-0.15, -0.1) is 0 Å². The number of fused-ring (bicyclic) bond motifs is 3. The third-order valence-electron chi connectivity index (χ3n) is 15.3. The van der Waals surface area contributed by atoms with Gasteiger partial charge >= 0.3 is 0 Å². The van der Waals surface area contributed by atoms with Crippen LogP contribution in [0.5, 0.6) is 17.2 Å². The maximum atomic E-state index is 14.0. The van der Waals surface area contributed by atoms with Gasteiger partial charge in [0, 0.05) is 126 Å². The summed E-state index contributed by atoms with van der Waals surface area (Å²) in [7, 11) is -9.47. The van der Waals surface area contributed by atoms with E-state index >= 15 is 0 Å². The van der Waals surface area contributed by atoms with E-state index in [0.29, 0.717) is 21.8 Å². The maximum Gasteiger partial charge on any atom is 0.295 e. The molecule has 0 aliphatic carbocycles. The smallest absolute Gasteiger partial charge is 0.295 e. The highest BCUT2D eigenvalue weighted by atomic mass is 16.5. The van der Waals surface area contributed by atoms with Crippen LogP contribution in [0.25, 0.3) is 50.2 Å². The number of ether oxygens (including phenoxy) is 3. The third-order valence-corrected chi connectivity index (χ3v) is 15.3. The number of Topliss-reactive ketones (excluding diaryl/α,β-unsaturated/α-hetero) is 3. The number of amides is 6. The van der Waals surface area contributed by atoms with Crippen molar-refractivity contribution in [3.63, 3.8) is 0 Å². The molecule has 6 amide bonds. The Morgan fingerprint density at radius 2 is 0.720 bits per heavy atom. The van der Waals surface area contributed by atoms with E-state index in [1.54, 1.807) is 0 Å². The van der Waals surface area contributed by atoms with Gasteiger partial charge < -0.3 is 58.6 Å². The molecule has 107 heavy (non-hydrogen) atoms. The molecule has 15 rings (SSSR count). The Hall–Kier alpha value is -13.6. The fourth-order valence-corrected chi connectivity index (χ4v) is 10.2. The van der Waals surface area contributed by atoms with E-state index in [4.69, 9.17) is 75.9 Å². The lowest BCUT2D eigenvalue weighted by molar-refractivity contribution is -0.128. The van der Waals surface area contributed by atoms with E-state index in [1.165, 1.54) is 30.0 Å². The molecule has 546 valence electrons. The van der Waals surface area contributed by atoms with Crippen LogP contribution in [-0.4, -0.2) is 256 Å². The average molecular weight is 1490 g/mol. The Morgan fingerprint density at radius 1 is 0.402 bits per heavy atom. The van der Waals surface area contributed by atoms with Gasteiger partial charge in [0.05, 0.1) is 134 Å². The van der Waals surface area contributed by atoms with Crippen LogP contribution >= 0.6 is 0 Å². The molecule has 0 atom stereocenters. The summed E-state index contributed by atoms with van der Waals surface area (Å²) in [5, 5.41) is 9.81. The molecule has 3 N–H and O–H groups in total. The van der Waals surface area contributed by atoms with Crippen LogP contribution in [0.3, 0.4) is 0 Å². The number of H-pyrrole nitrogens is 3. The highest BCUT2D eigenvalue weighted by molar-refractivity contribution is 6.46. The molecule has 33 nitrogen and oxygen atoms in total. The first kappa shape index (κ1) is 35.2. The zero-order chi connectivity index (χ0) is 114. The van der Waals surface area contributed by atoms with E-state index < -0.39 is 307 Å². The molecule has 33 heteroatoms. The molecule has 3 aliphatic heterocycles. The van der Waals surface area contributed by atoms with Crippen molar-refractivity contribution >= 4 is 85.5 Å². The molecule has 0 unspecified atom stereocenters. The van der Waals surface area contributed by atoms with Crippen molar-refractivity contribution in [3.8, 4) is 34.7 Å². The van der Waals surface area contributed by atoms with Gasteiger partial charge in [-0.25, -0.2) is 43.9 Å². The molecule has 0 radical (unpaired) electrons. The molecular weight excluding hydrogens is 1370 g/mol. The first-order chi connectivity index (χ1) is 69.4. The number of carbonyl (C=O) groups is 9. The topological polar surface area (TPSA) is 379 Å². The van der Waals surface area contributed by atoms with Crippen molar-refractivity contribution in [3.05, 3.63) is 197 Å². The molecule has 12 heterocycles. The van der Waals surface area contributed by atoms with Crippen LogP contribution < -0.4 is 14.2 Å². The highest BCUT2D eigenvalue weighted by Gasteiger charge is 2.36. The van der Waals surface area contributed by atoms with Crippen LogP contribution in [0, 0.1) is 34.4 Å². The van der Waals surface area contributed by atoms with Crippen molar-refractivity contribution in [2.24, 2.45) is 0 Å². The fraction of sp³-hybridized carbons (Fsp3) is 0.270. The molecule has 3 saturated heterocycles. The molecule has 3 aromatic carbocycles. The number of aryl methyl sites for hydroxylation is 3. The summed E-state index contributed by atoms with van der Waals surface area (Å²) in [5.74, 6) is -19.9. The Labute approximate surface area is 673 Å². The molecular formula is C74H73N21O12. The van der Waals surface area contributed by atoms with Crippen LogP contribution in [0.1, 0.15) is 152 Å². The van der Waals surface area contributed by atoms with E-state index in [0.717, 1.165) is 53.4 Å². The van der Waals surface area contributed by atoms with E-state index in [-0.39, 0.29) is 82.1 Å². The van der Waals surface area contributed by atoms with Gasteiger partial charge in [0.25, 0.3) is 52.8 Å². The SMILES string of the molecule is [2H]c1c([2H])c(C(=O)N2C([2H])([2H])C([2H])([2H])N(C(=O)C(=O)c3c[nH]c4c(-n5nc(C([2H])([2H])[2H])nc5[2H])ncc(OC([2H])([2H])[2H])c34)C([2H])([2H])C2([2H])[2H])c([2H])c([2H])c1C.[2H]c1c([2H])c(C(=O)N2CCN(C(=O)C(=O)c3c[nH]c4c(-n5nc(C([2H])([2H])[2H])nc5[2H])ncc(OC([2H])([2H])[2H])c34)CC2)c([2H])c([2H])c1C.[2H]c1nc(C([2H])([2H])[2H])nn1-c1ncc(OC([2H])([2H])[2H])c2c(C(=O)C(=O)N3C([2H])([2H])C([2H])([2H])N(C(=O)c4ccccc4)C([2H])([2H])C3([2H])[2H])c[nH]c12. The molecule has 0 spiro atoms. The zero-order valence-electron chi connectivity index (χ0n) is 99.1. The van der Waals surface area contributed by atoms with E-state index in [1.807, 2.05) is 0 Å². The van der Waals surface area contributed by atoms with Crippen molar-refractivity contribution < 1.29 is 119 Å². The lowest BCUT2D eigenvalue weighted by atomic mass is 10.1. The summed E-state index contributed by atoms with van der Waals surface area (Å²) < 4.78 is 378. The number of aromatic amines is 3. The zero-order valence-corrected chi connectivity index (χ0v) is 54.1. The van der Waals surface area contributed by atoms with Gasteiger partial charge in [-0.05, 0) is 70.7 Å². The first-order valence-corrected chi connectivity index (χ1v) is 30.1. The number of hydrogen-bond donors (Lipinski definition) is 3. The number of hydrogen-bond acceptors (Lipinski definition) is 21. The first-order valence-electron chi connectivity index (χ1n) is 52.6. The number of benzene rings is 3. The van der Waals surface area contributed by atoms with E-state index in [9.17, 15) is 43.2 Å². The summed E-state index contributed by atoms with van der Waals surface area (Å²) in [6.07, 6.45) is 2.66. The number of ketones is 3. The number of pyridine rings is 3. The quantitative estimate of drug-likeness (QED) is 0.0842. The normalized spacial score (nSPS) is 24.4. The van der Waals surface area contributed by atoms with Crippen LogP contribution in [-0.2, 0) is 14.4 Å². The Bertz CT molecular complexity index is 7550. The van der Waals surface area contributed by atoms with Crippen molar-refractivity contribution in [1.29, 1.82) is 0 Å². The number of piperazine rings is 3. The second-order valence-corrected chi connectivity index (χ2v) is 21.7. The minimum absolute atomic E-state index is 0.0922. The Morgan fingerprint density at radius 3 is 1.06 bits per heavy atom. The molecule has 3 aliphatic rings. The summed E-state index contributed by atoms with van der Waals surface area (Å²) >= 11 is 0. The van der Waals surface area contributed by atoms with Crippen LogP contribution in [0.4, 0.5) is 0 Å². The largest absolute Gasteiger partial charge is 0.494 e. The summed E-state index contributed by atoms with van der Waals surface area (Å²) in [6, 6.07) is 1.03. The minimum Gasteiger partial charge on any atom is -0.494 e. The van der Waals surface area contributed by atoms with Crippen molar-refractivity contribution in [1.82, 2.24) is 104 Å². The Balaban J connectivity index is 0.000000190. The Kier molecular flexibility index (Phi) is 10.1. The van der Waals surface area contributed by atoms with Crippen LogP contribution in [0.2, 0.25) is 0 Å². The molecule has 0 bridgehead atoms. The van der Waals surface area contributed by atoms with Gasteiger partial charge in [0.15, 0.2) is 17.5 Å². The van der Waals surface area contributed by atoms with Gasteiger partial charge in [0.2, 0.25) is 0 Å². The van der Waals surface area contributed by atoms with E-state index in [2.05, 4.69) is 60.2 Å². The monoisotopic (exact) mass is 1490 g/mol.